The Balaban J connectivity index is 2.47. The second-order valence-corrected chi connectivity index (χ2v) is 5.54. The van der Waals surface area contributed by atoms with E-state index in [1.165, 1.54) is 0 Å². The summed E-state index contributed by atoms with van der Waals surface area (Å²) in [6.45, 7) is 1.69. The lowest BCUT2D eigenvalue weighted by molar-refractivity contribution is -0.144. The van der Waals surface area contributed by atoms with Crippen LogP contribution in [0.1, 0.15) is 13.3 Å². The van der Waals surface area contributed by atoms with E-state index in [4.69, 9.17) is 16.7 Å². The summed E-state index contributed by atoms with van der Waals surface area (Å²) in [5.41, 5.74) is -0.862. The van der Waals surface area contributed by atoms with E-state index in [1.54, 1.807) is 25.7 Å². The van der Waals surface area contributed by atoms with Crippen LogP contribution in [0.3, 0.4) is 0 Å². The van der Waals surface area contributed by atoms with E-state index in [1.807, 2.05) is 24.3 Å². The van der Waals surface area contributed by atoms with E-state index in [9.17, 15) is 4.79 Å². The molecule has 3 nitrogen and oxygen atoms in total. The number of halogens is 1. The van der Waals surface area contributed by atoms with Gasteiger partial charge in [0, 0.05) is 15.7 Å². The fraction of sp³-hybridized carbons (Fsp3) is 0.417. The minimum atomic E-state index is -0.862. The smallest absolute Gasteiger partial charge is 0.323 e. The third-order valence-corrected chi connectivity index (χ3v) is 3.97. The van der Waals surface area contributed by atoms with Crippen LogP contribution < -0.4 is 5.32 Å². The lowest BCUT2D eigenvalue weighted by Gasteiger charge is -2.23. The molecule has 1 atom stereocenters. The van der Waals surface area contributed by atoms with Crippen molar-refractivity contribution < 1.29 is 9.90 Å². The van der Waals surface area contributed by atoms with Gasteiger partial charge in [-0.15, -0.1) is 11.8 Å². The van der Waals surface area contributed by atoms with Crippen LogP contribution in [0.25, 0.3) is 0 Å². The van der Waals surface area contributed by atoms with Crippen LogP contribution in [-0.4, -0.2) is 29.4 Å². The summed E-state index contributed by atoms with van der Waals surface area (Å²) in [6.07, 6.45) is 0.562. The number of carboxylic acids is 1. The van der Waals surface area contributed by atoms with Gasteiger partial charge in [-0.25, -0.2) is 0 Å². The summed E-state index contributed by atoms with van der Waals surface area (Å²) >= 11 is 7.41. The van der Waals surface area contributed by atoms with Gasteiger partial charge in [0.1, 0.15) is 5.54 Å². The summed E-state index contributed by atoms with van der Waals surface area (Å²) in [5.74, 6) is -0.0812. The first kappa shape index (κ1) is 14.4. The van der Waals surface area contributed by atoms with E-state index >= 15 is 0 Å². The molecule has 0 saturated heterocycles. The fourth-order valence-corrected chi connectivity index (χ4v) is 2.44. The average Bonchev–Trinajstić information content (AvgIpc) is 2.31. The van der Waals surface area contributed by atoms with E-state index in [0.717, 1.165) is 10.6 Å². The normalized spacial score (nSPS) is 14.3. The third-order valence-electron chi connectivity index (χ3n) is 2.71. The molecule has 0 aliphatic heterocycles. The zero-order chi connectivity index (χ0) is 12.9. The van der Waals surface area contributed by atoms with Crippen molar-refractivity contribution in [2.75, 3.05) is 12.8 Å². The quantitative estimate of drug-likeness (QED) is 0.783. The molecule has 2 N–H and O–H groups in total. The largest absolute Gasteiger partial charge is 0.480 e. The van der Waals surface area contributed by atoms with Crippen molar-refractivity contribution in [1.82, 2.24) is 5.32 Å². The van der Waals surface area contributed by atoms with Crippen LogP contribution in [0, 0.1) is 0 Å². The standard InChI is InChI=1S/C12H16ClNO2S/c1-12(14-2,11(15)16)7-8-17-10-5-3-9(13)4-6-10/h3-6,14H,7-8H2,1-2H3,(H,15,16). The first-order valence-electron chi connectivity index (χ1n) is 5.28. The van der Waals surface area contributed by atoms with E-state index in [2.05, 4.69) is 5.32 Å². The zero-order valence-corrected chi connectivity index (χ0v) is 11.4. The monoisotopic (exact) mass is 273 g/mol. The summed E-state index contributed by atoms with van der Waals surface area (Å²) in [7, 11) is 1.67. The highest BCUT2D eigenvalue weighted by Crippen LogP contribution is 2.23. The number of likely N-dealkylation sites (N-methyl/N-ethyl adjacent to an activating group) is 1. The topological polar surface area (TPSA) is 49.3 Å². The van der Waals surface area contributed by atoms with Crippen molar-refractivity contribution in [3.63, 3.8) is 0 Å². The molecule has 0 aliphatic rings. The molecule has 0 saturated carbocycles. The van der Waals surface area contributed by atoms with Crippen molar-refractivity contribution in [1.29, 1.82) is 0 Å². The van der Waals surface area contributed by atoms with Gasteiger partial charge in [0.2, 0.25) is 0 Å². The number of hydrogen-bond donors (Lipinski definition) is 2. The number of carbonyl (C=O) groups is 1. The number of carboxylic acid groups (broad SMARTS) is 1. The van der Waals surface area contributed by atoms with Gasteiger partial charge in [-0.1, -0.05) is 11.6 Å². The molecule has 1 rings (SSSR count). The molecule has 0 spiro atoms. The Labute approximate surface area is 111 Å². The number of thioether (sulfide) groups is 1. The van der Waals surface area contributed by atoms with Gasteiger partial charge in [-0.2, -0.15) is 0 Å². The van der Waals surface area contributed by atoms with Crippen molar-refractivity contribution in [2.45, 2.75) is 23.8 Å². The Morgan fingerprint density at radius 3 is 2.53 bits per heavy atom. The molecule has 5 heteroatoms. The summed E-state index contributed by atoms with van der Waals surface area (Å²) in [6, 6.07) is 7.53. The van der Waals surface area contributed by atoms with Gasteiger partial charge >= 0.3 is 5.97 Å². The van der Waals surface area contributed by atoms with Gasteiger partial charge < -0.3 is 10.4 Å². The van der Waals surface area contributed by atoms with Crippen LogP contribution in [0.15, 0.2) is 29.2 Å². The number of aliphatic carboxylic acids is 1. The Bertz CT molecular complexity index is 383. The van der Waals surface area contributed by atoms with E-state index < -0.39 is 11.5 Å². The van der Waals surface area contributed by atoms with Crippen molar-refractivity contribution in [3.8, 4) is 0 Å². The molecule has 0 fully saturated rings. The predicted octanol–water partition coefficient (Wildman–Crippen LogP) is 2.88. The summed E-state index contributed by atoms with van der Waals surface area (Å²) in [5, 5.41) is 12.6. The fourth-order valence-electron chi connectivity index (χ4n) is 1.24. The van der Waals surface area contributed by atoms with Gasteiger partial charge in [0.15, 0.2) is 0 Å². The Kier molecular flexibility index (Phi) is 5.31. The van der Waals surface area contributed by atoms with Crippen LogP contribution in [0.2, 0.25) is 5.02 Å². The Morgan fingerprint density at radius 1 is 1.47 bits per heavy atom. The third kappa shape index (κ3) is 4.22. The molecule has 0 radical (unpaired) electrons. The maximum Gasteiger partial charge on any atom is 0.323 e. The van der Waals surface area contributed by atoms with E-state index in [-0.39, 0.29) is 0 Å². The summed E-state index contributed by atoms with van der Waals surface area (Å²) in [4.78, 5) is 12.1. The maximum absolute atomic E-state index is 11.1. The second kappa shape index (κ2) is 6.28. The highest BCUT2D eigenvalue weighted by Gasteiger charge is 2.30. The number of benzene rings is 1. The molecule has 1 aromatic rings. The number of rotatable bonds is 6. The van der Waals surface area contributed by atoms with Gasteiger partial charge in [0.25, 0.3) is 0 Å². The van der Waals surface area contributed by atoms with Crippen LogP contribution in [-0.2, 0) is 4.79 Å². The maximum atomic E-state index is 11.1. The molecule has 0 aliphatic carbocycles. The zero-order valence-electron chi connectivity index (χ0n) is 9.87. The highest BCUT2D eigenvalue weighted by atomic mass is 35.5. The average molecular weight is 274 g/mol. The first-order valence-corrected chi connectivity index (χ1v) is 6.65. The predicted molar refractivity (Wildman–Crippen MR) is 71.9 cm³/mol. The molecule has 0 aromatic heterocycles. The molecular formula is C12H16ClNO2S. The van der Waals surface area contributed by atoms with Crippen LogP contribution >= 0.6 is 23.4 Å². The Morgan fingerprint density at radius 2 is 2.06 bits per heavy atom. The molecule has 0 amide bonds. The minimum absolute atomic E-state index is 0.562. The molecular weight excluding hydrogens is 258 g/mol. The van der Waals surface area contributed by atoms with Gasteiger partial charge in [-0.05, 0) is 44.7 Å². The van der Waals surface area contributed by atoms with Crippen LogP contribution in [0.5, 0.6) is 0 Å². The Hall–Kier alpha value is -0.710. The van der Waals surface area contributed by atoms with Gasteiger partial charge in [-0.3, -0.25) is 4.79 Å². The lowest BCUT2D eigenvalue weighted by atomic mass is 10.00. The highest BCUT2D eigenvalue weighted by molar-refractivity contribution is 7.99. The van der Waals surface area contributed by atoms with Crippen LogP contribution in [0.4, 0.5) is 0 Å². The summed E-state index contributed by atoms with van der Waals surface area (Å²) < 4.78 is 0. The number of hydrogen-bond acceptors (Lipinski definition) is 3. The molecule has 1 unspecified atom stereocenters. The van der Waals surface area contributed by atoms with Gasteiger partial charge in [0.05, 0.1) is 0 Å². The first-order chi connectivity index (χ1) is 7.98. The van der Waals surface area contributed by atoms with Crippen molar-refractivity contribution in [2.24, 2.45) is 0 Å². The minimum Gasteiger partial charge on any atom is -0.480 e. The number of nitrogens with one attached hydrogen (secondary N) is 1. The second-order valence-electron chi connectivity index (χ2n) is 3.94. The van der Waals surface area contributed by atoms with E-state index in [0.29, 0.717) is 11.4 Å². The lowest BCUT2D eigenvalue weighted by Crippen LogP contribution is -2.47. The molecule has 0 heterocycles. The van der Waals surface area contributed by atoms with Crippen molar-refractivity contribution >= 4 is 29.3 Å². The SMILES string of the molecule is CNC(C)(CCSc1ccc(Cl)cc1)C(=O)O. The molecule has 94 valence electrons. The van der Waals surface area contributed by atoms with Crippen molar-refractivity contribution in [3.05, 3.63) is 29.3 Å². The molecule has 0 bridgehead atoms. The molecule has 17 heavy (non-hydrogen) atoms. The molecule has 1 aromatic carbocycles.